The molecule has 7 heteroatoms. The topological polar surface area (TPSA) is 89.0 Å². The van der Waals surface area contributed by atoms with Gasteiger partial charge in [0.2, 0.25) is 0 Å². The van der Waals surface area contributed by atoms with E-state index in [1.54, 1.807) is 32.0 Å². The van der Waals surface area contributed by atoms with Gasteiger partial charge in [-0.1, -0.05) is 6.07 Å². The SMILES string of the molecule is Cc1cccnc1S(=O)(=O)NC(=O)c1cccnc1C. The van der Waals surface area contributed by atoms with Crippen LogP contribution < -0.4 is 4.72 Å². The van der Waals surface area contributed by atoms with Gasteiger partial charge in [0.25, 0.3) is 15.9 Å². The highest BCUT2D eigenvalue weighted by atomic mass is 32.2. The average molecular weight is 291 g/mol. The van der Waals surface area contributed by atoms with Crippen molar-refractivity contribution in [3.05, 3.63) is 53.5 Å². The zero-order valence-electron chi connectivity index (χ0n) is 11.0. The number of nitrogens with zero attached hydrogens (tertiary/aromatic N) is 2. The number of nitrogens with one attached hydrogen (secondary N) is 1. The highest BCUT2D eigenvalue weighted by Crippen LogP contribution is 2.12. The predicted molar refractivity (Wildman–Crippen MR) is 72.6 cm³/mol. The number of carbonyl (C=O) groups is 1. The van der Waals surface area contributed by atoms with E-state index < -0.39 is 15.9 Å². The van der Waals surface area contributed by atoms with Crippen molar-refractivity contribution in [3.8, 4) is 0 Å². The highest BCUT2D eigenvalue weighted by molar-refractivity contribution is 7.90. The Labute approximate surface area is 116 Å². The Bertz CT molecular complexity index is 757. The predicted octanol–water partition coefficient (Wildman–Crippen LogP) is 1.21. The second kappa shape index (κ2) is 5.38. The van der Waals surface area contributed by atoms with Crippen molar-refractivity contribution < 1.29 is 13.2 Å². The largest absolute Gasteiger partial charge is 0.282 e. The van der Waals surface area contributed by atoms with E-state index in [1.807, 2.05) is 4.72 Å². The van der Waals surface area contributed by atoms with E-state index in [9.17, 15) is 13.2 Å². The van der Waals surface area contributed by atoms with E-state index in [2.05, 4.69) is 9.97 Å². The van der Waals surface area contributed by atoms with Gasteiger partial charge in [0.1, 0.15) is 0 Å². The van der Waals surface area contributed by atoms with E-state index in [0.717, 1.165) is 0 Å². The number of aromatic nitrogens is 2. The summed E-state index contributed by atoms with van der Waals surface area (Å²) in [5.41, 5.74) is 1.14. The number of rotatable bonds is 3. The fourth-order valence-corrected chi connectivity index (χ4v) is 2.84. The number of hydrogen-bond acceptors (Lipinski definition) is 5. The fraction of sp³-hybridized carbons (Fsp3) is 0.154. The third-order valence-corrected chi connectivity index (χ3v) is 4.09. The number of hydrogen-bond donors (Lipinski definition) is 1. The number of aryl methyl sites for hydroxylation is 2. The minimum atomic E-state index is -3.99. The Morgan fingerprint density at radius 3 is 2.40 bits per heavy atom. The minimum Gasteiger partial charge on any atom is -0.268 e. The van der Waals surface area contributed by atoms with E-state index in [0.29, 0.717) is 11.3 Å². The Hall–Kier alpha value is -2.28. The van der Waals surface area contributed by atoms with Gasteiger partial charge < -0.3 is 0 Å². The highest BCUT2D eigenvalue weighted by Gasteiger charge is 2.22. The van der Waals surface area contributed by atoms with Crippen molar-refractivity contribution in [3.63, 3.8) is 0 Å². The van der Waals surface area contributed by atoms with Crippen LogP contribution >= 0.6 is 0 Å². The molecule has 0 fully saturated rings. The summed E-state index contributed by atoms with van der Waals surface area (Å²) in [6.07, 6.45) is 2.89. The molecule has 0 spiro atoms. The van der Waals surface area contributed by atoms with Gasteiger partial charge in [-0.05, 0) is 37.6 Å². The Morgan fingerprint density at radius 2 is 1.75 bits per heavy atom. The normalized spacial score (nSPS) is 11.1. The number of carbonyl (C=O) groups excluding carboxylic acids is 1. The summed E-state index contributed by atoms with van der Waals surface area (Å²) in [7, 11) is -3.99. The molecule has 2 heterocycles. The van der Waals surface area contributed by atoms with Crippen LogP contribution in [0.2, 0.25) is 0 Å². The molecule has 0 radical (unpaired) electrons. The number of sulfonamides is 1. The monoisotopic (exact) mass is 291 g/mol. The molecule has 1 N–H and O–H groups in total. The van der Waals surface area contributed by atoms with Gasteiger partial charge in [0.15, 0.2) is 5.03 Å². The van der Waals surface area contributed by atoms with Gasteiger partial charge in [-0.25, -0.2) is 9.71 Å². The standard InChI is InChI=1S/C13H13N3O3S/c1-9-5-3-8-15-13(9)20(18,19)16-12(17)11-6-4-7-14-10(11)2/h3-8H,1-2H3,(H,16,17). The van der Waals surface area contributed by atoms with Gasteiger partial charge in [-0.15, -0.1) is 0 Å². The Morgan fingerprint density at radius 1 is 1.10 bits per heavy atom. The third kappa shape index (κ3) is 2.83. The summed E-state index contributed by atoms with van der Waals surface area (Å²) in [4.78, 5) is 19.8. The van der Waals surface area contributed by atoms with Crippen LogP contribution in [-0.2, 0) is 10.0 Å². The van der Waals surface area contributed by atoms with Crippen LogP contribution in [0.1, 0.15) is 21.6 Å². The first-order chi connectivity index (χ1) is 9.42. The van der Waals surface area contributed by atoms with E-state index >= 15 is 0 Å². The van der Waals surface area contributed by atoms with Crippen molar-refractivity contribution in [2.24, 2.45) is 0 Å². The maximum atomic E-state index is 12.1. The number of amides is 1. The van der Waals surface area contributed by atoms with Crippen molar-refractivity contribution in [1.82, 2.24) is 14.7 Å². The molecule has 0 aromatic carbocycles. The lowest BCUT2D eigenvalue weighted by molar-refractivity contribution is 0.0980. The summed E-state index contributed by atoms with van der Waals surface area (Å²) < 4.78 is 26.3. The smallest absolute Gasteiger partial charge is 0.268 e. The fourth-order valence-electron chi connectivity index (χ4n) is 1.70. The van der Waals surface area contributed by atoms with Crippen LogP contribution in [-0.4, -0.2) is 24.3 Å². The van der Waals surface area contributed by atoms with Gasteiger partial charge in [0.05, 0.1) is 5.56 Å². The summed E-state index contributed by atoms with van der Waals surface area (Å²) in [5.74, 6) is -0.722. The van der Waals surface area contributed by atoms with Crippen LogP contribution in [0.4, 0.5) is 0 Å². The van der Waals surface area contributed by atoms with E-state index in [-0.39, 0.29) is 10.6 Å². The zero-order valence-corrected chi connectivity index (χ0v) is 11.8. The van der Waals surface area contributed by atoms with Crippen molar-refractivity contribution in [2.45, 2.75) is 18.9 Å². The molecular formula is C13H13N3O3S. The van der Waals surface area contributed by atoms with Crippen molar-refractivity contribution >= 4 is 15.9 Å². The molecule has 2 aromatic rings. The average Bonchev–Trinajstić information content (AvgIpc) is 2.38. The van der Waals surface area contributed by atoms with E-state index in [1.165, 1.54) is 18.5 Å². The summed E-state index contributed by atoms with van der Waals surface area (Å²) in [5, 5.41) is -0.158. The molecule has 0 bridgehead atoms. The second-order valence-corrected chi connectivity index (χ2v) is 5.79. The van der Waals surface area contributed by atoms with Gasteiger partial charge in [0, 0.05) is 18.1 Å². The molecule has 0 aliphatic carbocycles. The Kier molecular flexibility index (Phi) is 3.80. The molecule has 0 unspecified atom stereocenters. The molecule has 2 aromatic heterocycles. The maximum Gasteiger partial charge on any atom is 0.282 e. The third-order valence-electron chi connectivity index (χ3n) is 2.69. The second-order valence-electron chi connectivity index (χ2n) is 4.20. The maximum absolute atomic E-state index is 12.1. The Balaban J connectivity index is 2.33. The van der Waals surface area contributed by atoms with Crippen LogP contribution in [0.25, 0.3) is 0 Å². The molecular weight excluding hydrogens is 278 g/mol. The molecule has 0 aliphatic rings. The van der Waals surface area contributed by atoms with Crippen LogP contribution in [0.5, 0.6) is 0 Å². The summed E-state index contributed by atoms with van der Waals surface area (Å²) >= 11 is 0. The van der Waals surface area contributed by atoms with Gasteiger partial charge in [-0.3, -0.25) is 9.78 Å². The van der Waals surface area contributed by atoms with Crippen LogP contribution in [0, 0.1) is 13.8 Å². The lowest BCUT2D eigenvalue weighted by Gasteiger charge is -2.09. The van der Waals surface area contributed by atoms with Crippen LogP contribution in [0.15, 0.2) is 41.7 Å². The molecule has 6 nitrogen and oxygen atoms in total. The van der Waals surface area contributed by atoms with Gasteiger partial charge >= 0.3 is 0 Å². The molecule has 0 atom stereocenters. The van der Waals surface area contributed by atoms with Gasteiger partial charge in [-0.2, -0.15) is 8.42 Å². The molecule has 104 valence electrons. The quantitative estimate of drug-likeness (QED) is 0.918. The molecule has 0 saturated carbocycles. The molecule has 2 rings (SSSR count). The summed E-state index contributed by atoms with van der Waals surface area (Å²) in [6.45, 7) is 3.24. The lowest BCUT2D eigenvalue weighted by atomic mass is 10.2. The van der Waals surface area contributed by atoms with Crippen LogP contribution in [0.3, 0.4) is 0 Å². The van der Waals surface area contributed by atoms with Crippen molar-refractivity contribution in [2.75, 3.05) is 0 Å². The lowest BCUT2D eigenvalue weighted by Crippen LogP contribution is -2.32. The van der Waals surface area contributed by atoms with Crippen molar-refractivity contribution in [1.29, 1.82) is 0 Å². The summed E-state index contributed by atoms with van der Waals surface area (Å²) in [6, 6.07) is 6.32. The molecule has 1 amide bonds. The first-order valence-corrected chi connectivity index (χ1v) is 7.30. The minimum absolute atomic E-state index is 0.158. The first-order valence-electron chi connectivity index (χ1n) is 5.82. The number of pyridine rings is 2. The molecule has 0 saturated heterocycles. The zero-order chi connectivity index (χ0) is 14.8. The molecule has 20 heavy (non-hydrogen) atoms. The first kappa shape index (κ1) is 14.1. The molecule has 0 aliphatic heterocycles. The van der Waals surface area contributed by atoms with E-state index in [4.69, 9.17) is 0 Å².